The lowest BCUT2D eigenvalue weighted by Crippen LogP contribution is -2.27. The molecule has 1 aromatic heterocycles. The summed E-state index contributed by atoms with van der Waals surface area (Å²) < 4.78 is 0. The van der Waals surface area contributed by atoms with E-state index >= 15 is 0 Å². The number of aromatic nitrogens is 1. The van der Waals surface area contributed by atoms with Gasteiger partial charge in [0.15, 0.2) is 0 Å². The molecular formula is C11H18N2OS. The third-order valence-corrected chi connectivity index (χ3v) is 3.15. The second kappa shape index (κ2) is 6.56. The lowest BCUT2D eigenvalue weighted by Gasteiger charge is -2.16. The largest absolute Gasteiger partial charge is 0.346 e. The number of amides is 1. The van der Waals surface area contributed by atoms with E-state index in [1.165, 1.54) is 0 Å². The van der Waals surface area contributed by atoms with Crippen molar-refractivity contribution in [2.45, 2.75) is 32.6 Å². The molecule has 4 heteroatoms. The average molecular weight is 226 g/mol. The van der Waals surface area contributed by atoms with Crippen LogP contribution in [0.1, 0.15) is 31.2 Å². The molecule has 84 valence electrons. The number of rotatable bonds is 6. The first-order valence-electron chi connectivity index (χ1n) is 5.36. The fraction of sp³-hybridized carbons (Fsp3) is 0.636. The standard InChI is InChI=1S/C11H18N2OS/c1-3-4-8-13(2)11(14)6-5-10-12-7-9-15-10/h7,9H,3-6,8H2,1-2H3. The normalized spacial score (nSPS) is 10.3. The van der Waals surface area contributed by atoms with Gasteiger partial charge in [-0.1, -0.05) is 13.3 Å². The van der Waals surface area contributed by atoms with Crippen molar-refractivity contribution >= 4 is 17.2 Å². The molecular weight excluding hydrogens is 208 g/mol. The van der Waals surface area contributed by atoms with Crippen LogP contribution in [0.3, 0.4) is 0 Å². The van der Waals surface area contributed by atoms with Crippen LogP contribution >= 0.6 is 11.3 Å². The SMILES string of the molecule is CCCCN(C)C(=O)CCc1nccs1. The van der Waals surface area contributed by atoms with Gasteiger partial charge in [0.05, 0.1) is 5.01 Å². The summed E-state index contributed by atoms with van der Waals surface area (Å²) in [6.07, 6.45) is 5.34. The lowest BCUT2D eigenvalue weighted by atomic mass is 10.2. The Morgan fingerprint density at radius 1 is 1.60 bits per heavy atom. The van der Waals surface area contributed by atoms with Crippen LogP contribution in [0.2, 0.25) is 0 Å². The van der Waals surface area contributed by atoms with Gasteiger partial charge in [0.25, 0.3) is 0 Å². The van der Waals surface area contributed by atoms with Gasteiger partial charge in [0.2, 0.25) is 5.91 Å². The molecule has 0 radical (unpaired) electrons. The second-order valence-electron chi connectivity index (χ2n) is 3.59. The smallest absolute Gasteiger partial charge is 0.222 e. The number of hydrogen-bond donors (Lipinski definition) is 0. The van der Waals surface area contributed by atoms with E-state index in [2.05, 4.69) is 11.9 Å². The zero-order valence-electron chi connectivity index (χ0n) is 9.40. The van der Waals surface area contributed by atoms with Gasteiger partial charge in [-0.2, -0.15) is 0 Å². The van der Waals surface area contributed by atoms with Crippen molar-refractivity contribution in [3.8, 4) is 0 Å². The molecule has 1 heterocycles. The van der Waals surface area contributed by atoms with Crippen molar-refractivity contribution < 1.29 is 4.79 Å². The topological polar surface area (TPSA) is 33.2 Å². The van der Waals surface area contributed by atoms with Crippen LogP contribution in [0, 0.1) is 0 Å². The van der Waals surface area contributed by atoms with Crippen molar-refractivity contribution in [2.24, 2.45) is 0 Å². The Hall–Kier alpha value is -0.900. The lowest BCUT2D eigenvalue weighted by molar-refractivity contribution is -0.129. The van der Waals surface area contributed by atoms with Gasteiger partial charge < -0.3 is 4.90 Å². The number of thiazole rings is 1. The highest BCUT2D eigenvalue weighted by atomic mass is 32.1. The van der Waals surface area contributed by atoms with Crippen LogP contribution in [0.4, 0.5) is 0 Å². The quantitative estimate of drug-likeness (QED) is 0.746. The minimum atomic E-state index is 0.221. The highest BCUT2D eigenvalue weighted by molar-refractivity contribution is 7.09. The van der Waals surface area contributed by atoms with Crippen molar-refractivity contribution in [2.75, 3.05) is 13.6 Å². The molecule has 0 aromatic carbocycles. The van der Waals surface area contributed by atoms with Gasteiger partial charge >= 0.3 is 0 Å². The summed E-state index contributed by atoms with van der Waals surface area (Å²) in [5.74, 6) is 0.221. The van der Waals surface area contributed by atoms with Crippen LogP contribution in [-0.4, -0.2) is 29.4 Å². The maximum absolute atomic E-state index is 11.6. The molecule has 0 atom stereocenters. The summed E-state index contributed by atoms with van der Waals surface area (Å²) in [7, 11) is 1.87. The third-order valence-electron chi connectivity index (χ3n) is 2.31. The number of hydrogen-bond acceptors (Lipinski definition) is 3. The van der Waals surface area contributed by atoms with Crippen LogP contribution in [0.5, 0.6) is 0 Å². The van der Waals surface area contributed by atoms with Crippen molar-refractivity contribution in [3.05, 3.63) is 16.6 Å². The van der Waals surface area contributed by atoms with E-state index in [-0.39, 0.29) is 5.91 Å². The highest BCUT2D eigenvalue weighted by Crippen LogP contribution is 2.07. The number of unbranched alkanes of at least 4 members (excludes halogenated alkanes) is 1. The molecule has 3 nitrogen and oxygen atoms in total. The zero-order valence-corrected chi connectivity index (χ0v) is 10.2. The van der Waals surface area contributed by atoms with Gasteiger partial charge in [-0.25, -0.2) is 4.98 Å². The Morgan fingerprint density at radius 3 is 3.00 bits per heavy atom. The van der Waals surface area contributed by atoms with Crippen LogP contribution in [0.15, 0.2) is 11.6 Å². The van der Waals surface area contributed by atoms with Crippen molar-refractivity contribution in [1.82, 2.24) is 9.88 Å². The summed E-state index contributed by atoms with van der Waals surface area (Å²) in [5, 5.41) is 2.99. The molecule has 0 fully saturated rings. The van der Waals surface area contributed by atoms with E-state index in [1.807, 2.05) is 17.3 Å². The fourth-order valence-corrected chi connectivity index (χ4v) is 1.92. The molecule has 1 aromatic rings. The molecule has 1 rings (SSSR count). The van der Waals surface area contributed by atoms with E-state index in [0.29, 0.717) is 6.42 Å². The maximum Gasteiger partial charge on any atom is 0.222 e. The fourth-order valence-electron chi connectivity index (χ4n) is 1.30. The van der Waals surface area contributed by atoms with E-state index < -0.39 is 0 Å². The summed E-state index contributed by atoms with van der Waals surface area (Å²) in [6, 6.07) is 0. The molecule has 15 heavy (non-hydrogen) atoms. The zero-order chi connectivity index (χ0) is 11.1. The van der Waals surface area contributed by atoms with Gasteiger partial charge in [0, 0.05) is 38.0 Å². The summed E-state index contributed by atoms with van der Waals surface area (Å²) >= 11 is 1.61. The Labute approximate surface area is 95.1 Å². The van der Waals surface area contributed by atoms with Gasteiger partial charge in [-0.05, 0) is 6.42 Å². The van der Waals surface area contributed by atoms with E-state index in [4.69, 9.17) is 0 Å². The van der Waals surface area contributed by atoms with E-state index in [9.17, 15) is 4.79 Å². The van der Waals surface area contributed by atoms with Gasteiger partial charge in [0.1, 0.15) is 0 Å². The van der Waals surface area contributed by atoms with E-state index in [1.54, 1.807) is 17.5 Å². The Kier molecular flexibility index (Phi) is 5.32. The number of carbonyl (C=O) groups is 1. The molecule has 0 saturated heterocycles. The predicted octanol–water partition coefficient (Wildman–Crippen LogP) is 2.33. The van der Waals surface area contributed by atoms with Crippen molar-refractivity contribution in [1.29, 1.82) is 0 Å². The maximum atomic E-state index is 11.6. The van der Waals surface area contributed by atoms with Crippen LogP contribution < -0.4 is 0 Å². The molecule has 0 bridgehead atoms. The molecule has 0 spiro atoms. The number of aryl methyl sites for hydroxylation is 1. The molecule has 0 aliphatic rings. The number of nitrogens with zero attached hydrogens (tertiary/aromatic N) is 2. The van der Waals surface area contributed by atoms with Crippen molar-refractivity contribution in [3.63, 3.8) is 0 Å². The van der Waals surface area contributed by atoms with Crippen LogP contribution in [-0.2, 0) is 11.2 Å². The Morgan fingerprint density at radius 2 is 2.40 bits per heavy atom. The summed E-state index contributed by atoms with van der Waals surface area (Å²) in [5.41, 5.74) is 0. The predicted molar refractivity (Wildman–Crippen MR) is 63.0 cm³/mol. The molecule has 0 aliphatic heterocycles. The highest BCUT2D eigenvalue weighted by Gasteiger charge is 2.08. The first-order chi connectivity index (χ1) is 7.24. The molecule has 0 N–H and O–H groups in total. The molecule has 0 unspecified atom stereocenters. The van der Waals surface area contributed by atoms with E-state index in [0.717, 1.165) is 30.8 Å². The van der Waals surface area contributed by atoms with Gasteiger partial charge in [-0.15, -0.1) is 11.3 Å². The summed E-state index contributed by atoms with van der Waals surface area (Å²) in [4.78, 5) is 17.6. The first kappa shape index (κ1) is 12.2. The Bertz CT molecular complexity index is 285. The summed E-state index contributed by atoms with van der Waals surface area (Å²) in [6.45, 7) is 3.00. The van der Waals surface area contributed by atoms with Crippen LogP contribution in [0.25, 0.3) is 0 Å². The van der Waals surface area contributed by atoms with Gasteiger partial charge in [-0.3, -0.25) is 4.79 Å². The Balaban J connectivity index is 2.23. The first-order valence-corrected chi connectivity index (χ1v) is 6.24. The monoisotopic (exact) mass is 226 g/mol. The molecule has 0 aliphatic carbocycles. The third kappa shape index (κ3) is 4.42. The minimum absolute atomic E-state index is 0.221. The average Bonchev–Trinajstić information content (AvgIpc) is 2.75. The molecule has 0 saturated carbocycles. The number of carbonyl (C=O) groups excluding carboxylic acids is 1. The molecule has 1 amide bonds. The second-order valence-corrected chi connectivity index (χ2v) is 4.57. The minimum Gasteiger partial charge on any atom is -0.346 e.